The molecule has 1 amide bonds. The number of nitrogens with zero attached hydrogens (tertiary/aromatic N) is 1. The predicted octanol–water partition coefficient (Wildman–Crippen LogP) is 4.54. The minimum absolute atomic E-state index is 0.00686. The predicted molar refractivity (Wildman–Crippen MR) is 78.0 cm³/mol. The molecule has 2 rings (SSSR count). The first-order valence-corrected chi connectivity index (χ1v) is 6.65. The van der Waals surface area contributed by atoms with E-state index in [9.17, 15) is 13.6 Å². The number of anilines is 1. The third-order valence-corrected chi connectivity index (χ3v) is 3.34. The fraction of sp³-hybridized carbons (Fsp3) is 0.143. The van der Waals surface area contributed by atoms with E-state index in [0.29, 0.717) is 11.6 Å². The maximum absolute atomic E-state index is 13.7. The highest BCUT2D eigenvalue weighted by atomic mass is 35.5. The molecule has 0 aliphatic heterocycles. The van der Waals surface area contributed by atoms with Crippen molar-refractivity contribution >= 4 is 34.8 Å². The van der Waals surface area contributed by atoms with E-state index in [2.05, 4.69) is 10.3 Å². The number of carbonyl (C=O) groups excluding carboxylic acids is 1. The van der Waals surface area contributed by atoms with Gasteiger partial charge in [0.05, 0.1) is 11.3 Å². The number of halogens is 4. The molecule has 21 heavy (non-hydrogen) atoms. The van der Waals surface area contributed by atoms with Gasteiger partial charge in [0.25, 0.3) is 5.91 Å². The number of pyridine rings is 1. The van der Waals surface area contributed by atoms with Gasteiger partial charge >= 0.3 is 0 Å². The first-order chi connectivity index (χ1) is 9.79. The maximum Gasteiger partial charge on any atom is 0.258 e. The molecule has 3 nitrogen and oxygen atoms in total. The summed E-state index contributed by atoms with van der Waals surface area (Å²) >= 11 is 11.6. The van der Waals surface area contributed by atoms with E-state index in [1.165, 1.54) is 13.0 Å². The molecule has 0 aliphatic rings. The number of hydrogen-bond donors (Lipinski definition) is 1. The van der Waals surface area contributed by atoms with Crippen molar-refractivity contribution in [3.63, 3.8) is 0 Å². The summed E-state index contributed by atoms with van der Waals surface area (Å²) in [6.07, 6.45) is 0. The van der Waals surface area contributed by atoms with E-state index in [1.807, 2.05) is 0 Å². The van der Waals surface area contributed by atoms with Gasteiger partial charge in [0.15, 0.2) is 5.15 Å². The molecule has 0 radical (unpaired) electrons. The lowest BCUT2D eigenvalue weighted by Crippen LogP contribution is -2.16. The van der Waals surface area contributed by atoms with Gasteiger partial charge in [0, 0.05) is 6.07 Å². The van der Waals surface area contributed by atoms with E-state index in [0.717, 1.165) is 6.07 Å². The Morgan fingerprint density at radius 2 is 1.76 bits per heavy atom. The van der Waals surface area contributed by atoms with Crippen molar-refractivity contribution in [3.05, 3.63) is 56.8 Å². The summed E-state index contributed by atoms with van der Waals surface area (Å²) in [7, 11) is 0. The summed E-state index contributed by atoms with van der Waals surface area (Å²) < 4.78 is 26.9. The number of benzene rings is 1. The lowest BCUT2D eigenvalue weighted by molar-refractivity contribution is 0.102. The fourth-order valence-corrected chi connectivity index (χ4v) is 2.34. The van der Waals surface area contributed by atoms with E-state index in [4.69, 9.17) is 23.2 Å². The first kappa shape index (κ1) is 15.7. The van der Waals surface area contributed by atoms with Gasteiger partial charge in [-0.15, -0.1) is 0 Å². The first-order valence-electron chi connectivity index (χ1n) is 5.89. The Morgan fingerprint density at radius 3 is 2.38 bits per heavy atom. The van der Waals surface area contributed by atoms with Crippen LogP contribution in [0, 0.1) is 25.5 Å². The Kier molecular flexibility index (Phi) is 4.44. The lowest BCUT2D eigenvalue weighted by Gasteiger charge is -2.11. The fourth-order valence-electron chi connectivity index (χ4n) is 1.76. The molecule has 0 bridgehead atoms. The van der Waals surface area contributed by atoms with Gasteiger partial charge in [-0.2, -0.15) is 0 Å². The van der Waals surface area contributed by atoms with Crippen LogP contribution in [0.2, 0.25) is 10.3 Å². The van der Waals surface area contributed by atoms with Crippen molar-refractivity contribution in [1.29, 1.82) is 0 Å². The molecule has 0 saturated carbocycles. The Bertz CT molecular complexity index is 712. The van der Waals surface area contributed by atoms with Crippen molar-refractivity contribution in [2.45, 2.75) is 13.8 Å². The minimum Gasteiger partial charge on any atom is -0.319 e. The summed E-state index contributed by atoms with van der Waals surface area (Å²) in [5, 5.41) is 2.63. The van der Waals surface area contributed by atoms with Crippen molar-refractivity contribution in [1.82, 2.24) is 4.98 Å². The van der Waals surface area contributed by atoms with Crippen molar-refractivity contribution in [2.24, 2.45) is 0 Å². The van der Waals surface area contributed by atoms with Crippen LogP contribution in [-0.4, -0.2) is 10.9 Å². The summed E-state index contributed by atoms with van der Waals surface area (Å²) in [5.41, 5.74) is 0.693. The lowest BCUT2D eigenvalue weighted by atomic mass is 10.1. The SMILES string of the molecule is Cc1cc(C(=O)Nc2c(C)cc(Cl)nc2Cl)c(F)cc1F. The number of hydrogen-bond acceptors (Lipinski definition) is 2. The molecular formula is C14H10Cl2F2N2O. The largest absolute Gasteiger partial charge is 0.319 e. The van der Waals surface area contributed by atoms with Crippen LogP contribution in [0.5, 0.6) is 0 Å². The molecule has 0 fully saturated rings. The Hall–Kier alpha value is -1.72. The Balaban J connectivity index is 2.37. The molecule has 7 heteroatoms. The highest BCUT2D eigenvalue weighted by Crippen LogP contribution is 2.27. The van der Waals surface area contributed by atoms with Gasteiger partial charge in [0.1, 0.15) is 16.8 Å². The minimum atomic E-state index is -0.953. The monoisotopic (exact) mass is 330 g/mol. The molecule has 2 aromatic rings. The van der Waals surface area contributed by atoms with Crippen LogP contribution in [-0.2, 0) is 0 Å². The molecule has 0 atom stereocenters. The van der Waals surface area contributed by atoms with Crippen LogP contribution >= 0.6 is 23.2 Å². The highest BCUT2D eigenvalue weighted by molar-refractivity contribution is 6.35. The zero-order valence-electron chi connectivity index (χ0n) is 11.1. The Labute approximate surface area is 129 Å². The second kappa shape index (κ2) is 5.95. The average molecular weight is 331 g/mol. The van der Waals surface area contributed by atoms with Crippen LogP contribution in [0.3, 0.4) is 0 Å². The third kappa shape index (κ3) is 3.31. The van der Waals surface area contributed by atoms with Crippen LogP contribution < -0.4 is 5.32 Å². The van der Waals surface area contributed by atoms with E-state index >= 15 is 0 Å². The topological polar surface area (TPSA) is 42.0 Å². The third-order valence-electron chi connectivity index (χ3n) is 2.87. The molecular weight excluding hydrogens is 321 g/mol. The molecule has 110 valence electrons. The van der Waals surface area contributed by atoms with Crippen molar-refractivity contribution in [2.75, 3.05) is 5.32 Å². The standard InChI is InChI=1S/C14H10Cl2F2N2O/c1-6-3-8(10(18)5-9(6)17)14(21)20-12-7(2)4-11(15)19-13(12)16/h3-5H,1-2H3,(H,20,21). The van der Waals surface area contributed by atoms with Crippen LogP contribution in [0.15, 0.2) is 18.2 Å². The number of amides is 1. The van der Waals surface area contributed by atoms with E-state index < -0.39 is 17.5 Å². The molecule has 1 aromatic heterocycles. The molecule has 1 aromatic carbocycles. The summed E-state index contributed by atoms with van der Waals surface area (Å²) in [6.45, 7) is 3.11. The summed E-state index contributed by atoms with van der Waals surface area (Å²) in [5.74, 6) is -2.41. The molecule has 1 N–H and O–H groups in total. The van der Waals surface area contributed by atoms with Gasteiger partial charge in [-0.05, 0) is 37.1 Å². The summed E-state index contributed by atoms with van der Waals surface area (Å²) in [6, 6.07) is 3.31. The van der Waals surface area contributed by atoms with Crippen molar-refractivity contribution in [3.8, 4) is 0 Å². The molecule has 0 spiro atoms. The zero-order chi connectivity index (χ0) is 15.7. The normalized spacial score (nSPS) is 10.6. The second-order valence-electron chi connectivity index (χ2n) is 4.46. The molecule has 0 unspecified atom stereocenters. The number of aromatic nitrogens is 1. The summed E-state index contributed by atoms with van der Waals surface area (Å²) in [4.78, 5) is 15.9. The smallest absolute Gasteiger partial charge is 0.258 e. The quantitative estimate of drug-likeness (QED) is 0.821. The van der Waals surface area contributed by atoms with Gasteiger partial charge in [0.2, 0.25) is 0 Å². The molecule has 1 heterocycles. The number of carbonyl (C=O) groups is 1. The maximum atomic E-state index is 13.7. The molecule has 0 aliphatic carbocycles. The van der Waals surface area contributed by atoms with Gasteiger partial charge in [-0.1, -0.05) is 23.2 Å². The van der Waals surface area contributed by atoms with Gasteiger partial charge < -0.3 is 5.32 Å². The van der Waals surface area contributed by atoms with Gasteiger partial charge in [-0.25, -0.2) is 13.8 Å². The number of aryl methyl sites for hydroxylation is 2. The van der Waals surface area contributed by atoms with E-state index in [-0.39, 0.29) is 27.1 Å². The number of nitrogens with one attached hydrogen (secondary N) is 1. The van der Waals surface area contributed by atoms with Gasteiger partial charge in [-0.3, -0.25) is 4.79 Å². The second-order valence-corrected chi connectivity index (χ2v) is 5.21. The number of rotatable bonds is 2. The van der Waals surface area contributed by atoms with E-state index in [1.54, 1.807) is 6.92 Å². The van der Waals surface area contributed by atoms with Crippen LogP contribution in [0.4, 0.5) is 14.5 Å². The highest BCUT2D eigenvalue weighted by Gasteiger charge is 2.17. The Morgan fingerprint density at radius 1 is 1.10 bits per heavy atom. The van der Waals surface area contributed by atoms with Crippen LogP contribution in [0.25, 0.3) is 0 Å². The zero-order valence-corrected chi connectivity index (χ0v) is 12.6. The van der Waals surface area contributed by atoms with Crippen molar-refractivity contribution < 1.29 is 13.6 Å². The molecule has 0 saturated heterocycles. The van der Waals surface area contributed by atoms with Crippen LogP contribution in [0.1, 0.15) is 21.5 Å². The average Bonchev–Trinajstić information content (AvgIpc) is 2.37.